The van der Waals surface area contributed by atoms with Crippen molar-refractivity contribution >= 4 is 17.3 Å². The fourth-order valence-electron chi connectivity index (χ4n) is 3.05. The van der Waals surface area contributed by atoms with Crippen LogP contribution in [0.4, 0.5) is 13.2 Å². The van der Waals surface area contributed by atoms with Gasteiger partial charge in [-0.25, -0.2) is 9.97 Å². The van der Waals surface area contributed by atoms with Gasteiger partial charge in [0.05, 0.1) is 25.2 Å². The van der Waals surface area contributed by atoms with Gasteiger partial charge < -0.3 is 19.4 Å². The number of imidazole rings is 1. The van der Waals surface area contributed by atoms with E-state index >= 15 is 0 Å². The number of aromatic amines is 1. The lowest BCUT2D eigenvalue weighted by Gasteiger charge is -2.26. The Bertz CT molecular complexity index is 1160. The molecule has 0 radical (unpaired) electrons. The number of H-pyrrole nitrogens is 1. The summed E-state index contributed by atoms with van der Waals surface area (Å²) >= 11 is 6.32. The lowest BCUT2D eigenvalue weighted by Crippen LogP contribution is -2.26. The average Bonchev–Trinajstić information content (AvgIpc) is 3.29. The summed E-state index contributed by atoms with van der Waals surface area (Å²) in [5, 5.41) is 0.537. The normalized spacial score (nSPS) is 12.5. The summed E-state index contributed by atoms with van der Waals surface area (Å²) in [7, 11) is 3.39. The first-order valence-corrected chi connectivity index (χ1v) is 10.7. The highest BCUT2D eigenvalue weighted by atomic mass is 35.5. The van der Waals surface area contributed by atoms with E-state index in [4.69, 9.17) is 21.1 Å². The second kappa shape index (κ2) is 10.3. The Balaban J connectivity index is 1.79. The van der Waals surface area contributed by atoms with E-state index in [0.717, 1.165) is 11.8 Å². The lowest BCUT2D eigenvalue weighted by atomic mass is 10.1. The molecule has 34 heavy (non-hydrogen) atoms. The summed E-state index contributed by atoms with van der Waals surface area (Å²) in [6, 6.07) is 6.96. The van der Waals surface area contributed by atoms with Crippen molar-refractivity contribution in [1.82, 2.24) is 24.8 Å². The molecule has 0 fully saturated rings. The van der Waals surface area contributed by atoms with Gasteiger partial charge in [-0.05, 0) is 26.3 Å². The summed E-state index contributed by atoms with van der Waals surface area (Å²) < 4.78 is 49.6. The SMILES string of the molecule is COc1cnc(/C(=C(/C)Cl)N(C)C(C)C)nc1OCc1ccc(-c2ncc(C(F)(F)F)[nH]2)cc1. The minimum Gasteiger partial charge on any atom is -0.490 e. The van der Waals surface area contributed by atoms with Crippen molar-refractivity contribution in [3.8, 4) is 23.0 Å². The maximum atomic E-state index is 12.8. The van der Waals surface area contributed by atoms with Crippen LogP contribution >= 0.6 is 11.6 Å². The quantitative estimate of drug-likeness (QED) is 0.429. The van der Waals surface area contributed by atoms with Crippen LogP contribution in [0.5, 0.6) is 11.6 Å². The van der Waals surface area contributed by atoms with Gasteiger partial charge in [0.2, 0.25) is 0 Å². The summed E-state index contributed by atoms with van der Waals surface area (Å²) in [4.78, 5) is 16.9. The highest BCUT2D eigenvalue weighted by molar-refractivity contribution is 6.32. The Hall–Kier alpha value is -3.27. The molecule has 0 saturated carbocycles. The molecule has 2 heterocycles. The van der Waals surface area contributed by atoms with Gasteiger partial charge in [0.1, 0.15) is 18.1 Å². The zero-order valence-electron chi connectivity index (χ0n) is 19.4. The molecule has 0 aliphatic rings. The van der Waals surface area contributed by atoms with E-state index in [9.17, 15) is 13.2 Å². The molecule has 3 rings (SSSR count). The minimum absolute atomic E-state index is 0.131. The molecule has 1 N–H and O–H groups in total. The minimum atomic E-state index is -4.48. The van der Waals surface area contributed by atoms with Crippen LogP contribution < -0.4 is 9.47 Å². The average molecular weight is 496 g/mol. The number of alkyl halides is 3. The molecule has 3 aromatic rings. The molecule has 0 amide bonds. The van der Waals surface area contributed by atoms with E-state index < -0.39 is 11.9 Å². The number of rotatable bonds is 8. The third-order valence-corrected chi connectivity index (χ3v) is 5.27. The van der Waals surface area contributed by atoms with Gasteiger partial charge in [-0.2, -0.15) is 18.2 Å². The maximum Gasteiger partial charge on any atom is 0.432 e. The molecule has 7 nitrogen and oxygen atoms in total. The van der Waals surface area contributed by atoms with Gasteiger partial charge in [-0.15, -0.1) is 0 Å². The summed E-state index contributed by atoms with van der Waals surface area (Å²) in [5.41, 5.74) is 1.07. The highest BCUT2D eigenvalue weighted by Gasteiger charge is 2.33. The van der Waals surface area contributed by atoms with Gasteiger partial charge in [0.25, 0.3) is 5.88 Å². The Morgan fingerprint density at radius 1 is 1.15 bits per heavy atom. The second-order valence-electron chi connectivity index (χ2n) is 7.78. The number of aromatic nitrogens is 4. The number of halogens is 4. The van der Waals surface area contributed by atoms with Crippen LogP contribution in [0.15, 0.2) is 41.7 Å². The van der Waals surface area contributed by atoms with Crippen molar-refractivity contribution < 1.29 is 22.6 Å². The number of ether oxygens (including phenoxy) is 2. The van der Waals surface area contributed by atoms with Crippen LogP contribution in [0.1, 0.15) is 37.9 Å². The highest BCUT2D eigenvalue weighted by Crippen LogP contribution is 2.31. The number of nitrogens with one attached hydrogen (secondary N) is 1. The molecule has 11 heteroatoms. The number of nitrogens with zero attached hydrogens (tertiary/aromatic N) is 4. The Labute approximate surface area is 200 Å². The smallest absolute Gasteiger partial charge is 0.432 e. The third kappa shape index (κ3) is 5.80. The maximum absolute atomic E-state index is 12.8. The molecule has 0 saturated heterocycles. The van der Waals surface area contributed by atoms with Gasteiger partial charge >= 0.3 is 6.18 Å². The second-order valence-corrected chi connectivity index (χ2v) is 8.35. The first kappa shape index (κ1) is 25.4. The van der Waals surface area contributed by atoms with Gasteiger partial charge in [-0.3, -0.25) is 0 Å². The van der Waals surface area contributed by atoms with E-state index in [2.05, 4.69) is 19.9 Å². The van der Waals surface area contributed by atoms with E-state index in [-0.39, 0.29) is 24.4 Å². The van der Waals surface area contributed by atoms with Gasteiger partial charge in [-0.1, -0.05) is 35.9 Å². The predicted octanol–water partition coefficient (Wildman–Crippen LogP) is 5.74. The first-order chi connectivity index (χ1) is 16.0. The van der Waals surface area contributed by atoms with Crippen LogP contribution in [0, 0.1) is 0 Å². The zero-order valence-corrected chi connectivity index (χ0v) is 20.1. The molecule has 0 aliphatic heterocycles. The number of hydrogen-bond acceptors (Lipinski definition) is 6. The molecule has 0 aliphatic carbocycles. The van der Waals surface area contributed by atoms with Gasteiger partial charge in [0.15, 0.2) is 11.6 Å². The fourth-order valence-corrected chi connectivity index (χ4v) is 3.27. The van der Waals surface area contributed by atoms with E-state index in [1.54, 1.807) is 31.2 Å². The third-order valence-electron chi connectivity index (χ3n) is 5.09. The Morgan fingerprint density at radius 2 is 1.82 bits per heavy atom. The molecule has 0 unspecified atom stereocenters. The van der Waals surface area contributed by atoms with Crippen molar-refractivity contribution in [2.75, 3.05) is 14.2 Å². The number of allylic oxidation sites excluding steroid dienone is 1. The number of hydrogen-bond donors (Lipinski definition) is 1. The molecule has 0 bridgehead atoms. The largest absolute Gasteiger partial charge is 0.490 e. The van der Waals surface area contributed by atoms with E-state index in [0.29, 0.717) is 27.9 Å². The molecule has 1 aromatic carbocycles. The molecule has 0 spiro atoms. The van der Waals surface area contributed by atoms with Crippen LogP contribution in [0.2, 0.25) is 0 Å². The Kier molecular flexibility index (Phi) is 7.71. The summed E-state index contributed by atoms with van der Waals surface area (Å²) in [5.74, 6) is 1.12. The van der Waals surface area contributed by atoms with Gasteiger partial charge in [0, 0.05) is 23.7 Å². The van der Waals surface area contributed by atoms with Crippen molar-refractivity contribution in [2.45, 2.75) is 39.6 Å². The van der Waals surface area contributed by atoms with Crippen molar-refractivity contribution in [3.63, 3.8) is 0 Å². The molecular formula is C23H25ClF3N5O2. The molecular weight excluding hydrogens is 471 g/mol. The fraction of sp³-hybridized carbons (Fsp3) is 0.348. The molecule has 2 aromatic heterocycles. The zero-order chi connectivity index (χ0) is 25.0. The van der Waals surface area contributed by atoms with Crippen LogP contribution in [0.3, 0.4) is 0 Å². The van der Waals surface area contributed by atoms with Crippen molar-refractivity contribution in [3.05, 3.63) is 58.8 Å². The van der Waals surface area contributed by atoms with E-state index in [1.807, 2.05) is 25.8 Å². The van der Waals surface area contributed by atoms with Crippen LogP contribution in [0.25, 0.3) is 17.1 Å². The van der Waals surface area contributed by atoms with Crippen molar-refractivity contribution in [2.24, 2.45) is 0 Å². The predicted molar refractivity (Wildman–Crippen MR) is 123 cm³/mol. The standard InChI is InChI=1S/C23H25ClF3N5O2/c1-13(2)32(4)19(14(3)24)21-28-10-17(33-5)22(31-21)34-12-15-6-8-16(9-7-15)20-29-11-18(30-20)23(25,26)27/h6-11,13H,12H2,1-5H3,(H,29,30)/b19-14+. The van der Waals surface area contributed by atoms with Crippen LogP contribution in [-0.2, 0) is 12.8 Å². The molecule has 182 valence electrons. The monoisotopic (exact) mass is 495 g/mol. The summed E-state index contributed by atoms with van der Waals surface area (Å²) in [6.45, 7) is 5.97. The van der Waals surface area contributed by atoms with E-state index in [1.165, 1.54) is 13.3 Å². The number of methoxy groups -OCH3 is 1. The topological polar surface area (TPSA) is 76.2 Å². The molecule has 0 atom stereocenters. The lowest BCUT2D eigenvalue weighted by molar-refractivity contribution is -0.140. The Morgan fingerprint density at radius 3 is 2.35 bits per heavy atom. The number of benzene rings is 1. The first-order valence-electron chi connectivity index (χ1n) is 10.4. The van der Waals surface area contributed by atoms with Crippen molar-refractivity contribution in [1.29, 1.82) is 0 Å². The van der Waals surface area contributed by atoms with Crippen LogP contribution in [-0.4, -0.2) is 45.0 Å². The summed E-state index contributed by atoms with van der Waals surface area (Å²) in [6.07, 6.45) is -2.19.